The topological polar surface area (TPSA) is 18.5 Å². The molecule has 2 fully saturated rings. The zero-order valence-electron chi connectivity index (χ0n) is 9.21. The number of ether oxygens (including phenoxy) is 2. The van der Waals surface area contributed by atoms with Gasteiger partial charge < -0.3 is 9.47 Å². The van der Waals surface area contributed by atoms with E-state index in [0.29, 0.717) is 11.8 Å². The molecule has 0 bridgehead atoms. The summed E-state index contributed by atoms with van der Waals surface area (Å²) in [6, 6.07) is 0. The lowest BCUT2D eigenvalue weighted by Crippen LogP contribution is -2.44. The zero-order chi connectivity index (χ0) is 10.2. The monoisotopic (exact) mass is 196 g/mol. The first-order chi connectivity index (χ1) is 6.64. The van der Waals surface area contributed by atoms with Crippen LogP contribution in [-0.4, -0.2) is 19.0 Å². The molecule has 14 heavy (non-hydrogen) atoms. The fourth-order valence-electron chi connectivity index (χ4n) is 2.81. The lowest BCUT2D eigenvalue weighted by molar-refractivity contribution is -0.211. The van der Waals surface area contributed by atoms with Crippen molar-refractivity contribution in [3.05, 3.63) is 12.2 Å². The van der Waals surface area contributed by atoms with E-state index in [9.17, 15) is 0 Å². The highest BCUT2D eigenvalue weighted by atomic mass is 16.7. The van der Waals surface area contributed by atoms with Gasteiger partial charge >= 0.3 is 0 Å². The quantitative estimate of drug-likeness (QED) is 0.600. The predicted molar refractivity (Wildman–Crippen MR) is 56.0 cm³/mol. The summed E-state index contributed by atoms with van der Waals surface area (Å²) >= 11 is 0. The van der Waals surface area contributed by atoms with E-state index in [1.165, 1.54) is 12.0 Å². The first-order valence-electron chi connectivity index (χ1n) is 5.57. The van der Waals surface area contributed by atoms with Crippen LogP contribution in [0.4, 0.5) is 0 Å². The number of hydrogen-bond acceptors (Lipinski definition) is 2. The Balaban J connectivity index is 2.18. The van der Waals surface area contributed by atoms with E-state index in [1.807, 2.05) is 0 Å². The standard InChI is InChI=1S/C12H20O2/c1-9(2)11-5-4-10(3)8-12(11)13-6-7-14-12/h10-11H,1,4-8H2,2-3H3/t10-,11+/m1/s1. The molecule has 2 heteroatoms. The van der Waals surface area contributed by atoms with Crippen LogP contribution in [0.5, 0.6) is 0 Å². The molecule has 1 aliphatic heterocycles. The van der Waals surface area contributed by atoms with Gasteiger partial charge in [-0.25, -0.2) is 0 Å². The molecule has 1 saturated heterocycles. The maximum atomic E-state index is 5.84. The van der Waals surface area contributed by atoms with Gasteiger partial charge in [0.1, 0.15) is 0 Å². The maximum absolute atomic E-state index is 5.84. The van der Waals surface area contributed by atoms with E-state index in [0.717, 1.165) is 26.1 Å². The first-order valence-corrected chi connectivity index (χ1v) is 5.57. The van der Waals surface area contributed by atoms with Crippen LogP contribution >= 0.6 is 0 Å². The van der Waals surface area contributed by atoms with Gasteiger partial charge in [0.05, 0.1) is 13.2 Å². The van der Waals surface area contributed by atoms with Gasteiger partial charge in [-0.2, -0.15) is 0 Å². The highest BCUT2D eigenvalue weighted by molar-refractivity contribution is 5.06. The van der Waals surface area contributed by atoms with Gasteiger partial charge in [-0.3, -0.25) is 0 Å². The van der Waals surface area contributed by atoms with Crippen molar-refractivity contribution < 1.29 is 9.47 Å². The van der Waals surface area contributed by atoms with Gasteiger partial charge in [0, 0.05) is 12.3 Å². The largest absolute Gasteiger partial charge is 0.347 e. The van der Waals surface area contributed by atoms with Crippen LogP contribution in [0.1, 0.15) is 33.1 Å². The molecule has 0 aromatic rings. The van der Waals surface area contributed by atoms with Gasteiger partial charge in [-0.05, 0) is 25.7 Å². The highest BCUT2D eigenvalue weighted by Gasteiger charge is 2.47. The van der Waals surface area contributed by atoms with Crippen molar-refractivity contribution in [3.8, 4) is 0 Å². The van der Waals surface area contributed by atoms with E-state index in [2.05, 4.69) is 20.4 Å². The van der Waals surface area contributed by atoms with Gasteiger partial charge in [0.15, 0.2) is 5.79 Å². The summed E-state index contributed by atoms with van der Waals surface area (Å²) in [6.07, 6.45) is 3.47. The molecular weight excluding hydrogens is 176 g/mol. The molecule has 0 unspecified atom stereocenters. The third kappa shape index (κ3) is 1.61. The van der Waals surface area contributed by atoms with Crippen molar-refractivity contribution >= 4 is 0 Å². The lowest BCUT2D eigenvalue weighted by atomic mass is 9.75. The second-order valence-corrected chi connectivity index (χ2v) is 4.79. The maximum Gasteiger partial charge on any atom is 0.175 e. The molecule has 1 spiro atoms. The summed E-state index contributed by atoms with van der Waals surface area (Å²) in [7, 11) is 0. The summed E-state index contributed by atoms with van der Waals surface area (Å²) in [4.78, 5) is 0. The van der Waals surface area contributed by atoms with Crippen molar-refractivity contribution in [3.63, 3.8) is 0 Å². The molecule has 0 amide bonds. The molecule has 0 aromatic heterocycles. The number of rotatable bonds is 1. The van der Waals surface area contributed by atoms with Crippen LogP contribution < -0.4 is 0 Å². The molecule has 0 N–H and O–H groups in total. The molecule has 80 valence electrons. The molecule has 2 atom stereocenters. The molecule has 1 aliphatic carbocycles. The lowest BCUT2D eigenvalue weighted by Gasteiger charge is -2.42. The Morgan fingerprint density at radius 3 is 2.50 bits per heavy atom. The average molecular weight is 196 g/mol. The van der Waals surface area contributed by atoms with Gasteiger partial charge in [-0.15, -0.1) is 0 Å². The van der Waals surface area contributed by atoms with E-state index < -0.39 is 0 Å². The second-order valence-electron chi connectivity index (χ2n) is 4.79. The number of hydrogen-bond donors (Lipinski definition) is 0. The predicted octanol–water partition coefficient (Wildman–Crippen LogP) is 2.74. The summed E-state index contributed by atoms with van der Waals surface area (Å²) in [5, 5.41) is 0. The first kappa shape index (κ1) is 10.2. The Hall–Kier alpha value is -0.340. The Morgan fingerprint density at radius 2 is 1.93 bits per heavy atom. The Labute approximate surface area is 86.3 Å². The van der Waals surface area contributed by atoms with E-state index >= 15 is 0 Å². The zero-order valence-corrected chi connectivity index (χ0v) is 9.21. The van der Waals surface area contributed by atoms with Crippen molar-refractivity contribution in [2.75, 3.05) is 13.2 Å². The van der Waals surface area contributed by atoms with Crippen LogP contribution in [0, 0.1) is 11.8 Å². The van der Waals surface area contributed by atoms with Gasteiger partial charge in [-0.1, -0.05) is 19.1 Å². The van der Waals surface area contributed by atoms with E-state index in [-0.39, 0.29) is 5.79 Å². The SMILES string of the molecule is C=C(C)[C@@H]1CC[C@@H](C)CC12OCCO2. The minimum Gasteiger partial charge on any atom is -0.347 e. The van der Waals surface area contributed by atoms with E-state index in [1.54, 1.807) is 0 Å². The van der Waals surface area contributed by atoms with Gasteiger partial charge in [0.2, 0.25) is 0 Å². The Bertz CT molecular complexity index is 228. The molecule has 2 rings (SSSR count). The Morgan fingerprint density at radius 1 is 1.29 bits per heavy atom. The smallest absolute Gasteiger partial charge is 0.175 e. The minimum absolute atomic E-state index is 0.316. The summed E-state index contributed by atoms with van der Waals surface area (Å²) in [6.45, 7) is 9.93. The van der Waals surface area contributed by atoms with Crippen molar-refractivity contribution in [1.29, 1.82) is 0 Å². The molecule has 0 aromatic carbocycles. The van der Waals surface area contributed by atoms with Crippen LogP contribution in [0.25, 0.3) is 0 Å². The molecule has 2 nitrogen and oxygen atoms in total. The van der Waals surface area contributed by atoms with Crippen LogP contribution in [0.2, 0.25) is 0 Å². The van der Waals surface area contributed by atoms with Gasteiger partial charge in [0.25, 0.3) is 0 Å². The highest BCUT2D eigenvalue weighted by Crippen LogP contribution is 2.45. The molecule has 1 saturated carbocycles. The van der Waals surface area contributed by atoms with Crippen LogP contribution in [0.3, 0.4) is 0 Å². The summed E-state index contributed by atoms with van der Waals surface area (Å²) in [5.74, 6) is 0.800. The van der Waals surface area contributed by atoms with Crippen LogP contribution in [0.15, 0.2) is 12.2 Å². The van der Waals surface area contributed by atoms with Crippen molar-refractivity contribution in [2.24, 2.45) is 11.8 Å². The Kier molecular flexibility index (Phi) is 2.67. The summed E-state index contributed by atoms with van der Waals surface area (Å²) in [5.41, 5.74) is 1.21. The minimum atomic E-state index is -0.316. The normalized spacial score (nSPS) is 36.1. The van der Waals surface area contributed by atoms with Crippen molar-refractivity contribution in [1.82, 2.24) is 0 Å². The third-order valence-corrected chi connectivity index (χ3v) is 3.48. The molecule has 0 radical (unpaired) electrons. The summed E-state index contributed by atoms with van der Waals surface area (Å²) < 4.78 is 11.7. The third-order valence-electron chi connectivity index (χ3n) is 3.48. The molecular formula is C12H20O2. The van der Waals surface area contributed by atoms with E-state index in [4.69, 9.17) is 9.47 Å². The second kappa shape index (κ2) is 3.67. The van der Waals surface area contributed by atoms with Crippen LogP contribution in [-0.2, 0) is 9.47 Å². The fraction of sp³-hybridized carbons (Fsp3) is 0.833. The molecule has 2 aliphatic rings. The molecule has 1 heterocycles. The van der Waals surface area contributed by atoms with Crippen molar-refractivity contribution in [2.45, 2.75) is 38.9 Å². The fourth-order valence-corrected chi connectivity index (χ4v) is 2.81. The average Bonchev–Trinajstić information content (AvgIpc) is 2.52.